The highest BCUT2D eigenvalue weighted by Crippen LogP contribution is 2.40. The van der Waals surface area contributed by atoms with Gasteiger partial charge in [-0.05, 0) is 49.4 Å². The number of anilines is 1. The molecule has 2 aromatic rings. The molecule has 4 nitrogen and oxygen atoms in total. The zero-order valence-electron chi connectivity index (χ0n) is 11.8. The summed E-state index contributed by atoms with van der Waals surface area (Å²) in [6.45, 7) is 4.17. The topological polar surface area (TPSA) is 55.1 Å². The van der Waals surface area contributed by atoms with Crippen LogP contribution in [0.1, 0.15) is 53.1 Å². The number of nitrogens with one attached hydrogen (secondary N) is 1. The van der Waals surface area contributed by atoms with Crippen molar-refractivity contribution in [3.05, 3.63) is 46.8 Å². The molecule has 0 bridgehead atoms. The number of amides is 1. The highest BCUT2D eigenvalue weighted by molar-refractivity contribution is 6.02. The molecule has 1 aliphatic carbocycles. The zero-order valence-corrected chi connectivity index (χ0v) is 11.8. The van der Waals surface area contributed by atoms with Gasteiger partial charge in [0.2, 0.25) is 0 Å². The number of carbonyl (C=O) groups excluding carboxylic acids is 1. The Labute approximate surface area is 118 Å². The summed E-state index contributed by atoms with van der Waals surface area (Å²) in [5, 5.41) is 6.70. The van der Waals surface area contributed by atoms with Gasteiger partial charge < -0.3 is 9.84 Å². The van der Waals surface area contributed by atoms with Crippen LogP contribution in [-0.2, 0) is 6.42 Å². The SMILES string of the molecule is CCc1ccc(NC(=O)c2cc(C3CC3)on2)cc1C. The molecule has 1 fully saturated rings. The third kappa shape index (κ3) is 2.59. The fourth-order valence-electron chi connectivity index (χ4n) is 2.32. The van der Waals surface area contributed by atoms with E-state index >= 15 is 0 Å². The highest BCUT2D eigenvalue weighted by atomic mass is 16.5. The molecule has 0 unspecified atom stereocenters. The van der Waals surface area contributed by atoms with Crippen molar-refractivity contribution in [3.8, 4) is 0 Å². The lowest BCUT2D eigenvalue weighted by Gasteiger charge is -2.07. The summed E-state index contributed by atoms with van der Waals surface area (Å²) in [6.07, 6.45) is 3.26. The van der Waals surface area contributed by atoms with E-state index in [9.17, 15) is 4.79 Å². The van der Waals surface area contributed by atoms with Gasteiger partial charge in [-0.25, -0.2) is 0 Å². The maximum atomic E-state index is 12.1. The van der Waals surface area contributed by atoms with Crippen molar-refractivity contribution < 1.29 is 9.32 Å². The molecule has 1 amide bonds. The van der Waals surface area contributed by atoms with E-state index < -0.39 is 0 Å². The third-order valence-corrected chi connectivity index (χ3v) is 3.72. The van der Waals surface area contributed by atoms with Crippen LogP contribution >= 0.6 is 0 Å². The number of nitrogens with zero attached hydrogens (tertiary/aromatic N) is 1. The molecule has 104 valence electrons. The van der Waals surface area contributed by atoms with Gasteiger partial charge in [-0.3, -0.25) is 4.79 Å². The van der Waals surface area contributed by atoms with Gasteiger partial charge in [0.15, 0.2) is 5.69 Å². The summed E-state index contributed by atoms with van der Waals surface area (Å²) in [7, 11) is 0. The van der Waals surface area contributed by atoms with E-state index in [0.717, 1.165) is 30.7 Å². The molecule has 1 aliphatic rings. The average molecular weight is 270 g/mol. The number of rotatable bonds is 4. The zero-order chi connectivity index (χ0) is 14.1. The van der Waals surface area contributed by atoms with E-state index in [1.165, 1.54) is 11.1 Å². The average Bonchev–Trinajstić information content (AvgIpc) is 3.16. The Morgan fingerprint density at radius 2 is 2.20 bits per heavy atom. The fourth-order valence-corrected chi connectivity index (χ4v) is 2.32. The van der Waals surface area contributed by atoms with E-state index in [1.807, 2.05) is 18.2 Å². The first-order valence-electron chi connectivity index (χ1n) is 7.05. The Balaban J connectivity index is 1.72. The summed E-state index contributed by atoms with van der Waals surface area (Å²) in [6, 6.07) is 7.70. The minimum atomic E-state index is -0.218. The van der Waals surface area contributed by atoms with Crippen LogP contribution in [0.5, 0.6) is 0 Å². The number of hydrogen-bond acceptors (Lipinski definition) is 3. The predicted molar refractivity (Wildman–Crippen MR) is 77.0 cm³/mol. The Kier molecular flexibility index (Phi) is 3.30. The Bertz CT molecular complexity index is 642. The molecule has 0 saturated heterocycles. The molecular formula is C16H18N2O2. The van der Waals surface area contributed by atoms with Gasteiger partial charge in [0.1, 0.15) is 5.76 Å². The number of aromatic nitrogens is 1. The quantitative estimate of drug-likeness (QED) is 0.922. The first-order chi connectivity index (χ1) is 9.67. The smallest absolute Gasteiger partial charge is 0.277 e. The first-order valence-corrected chi connectivity index (χ1v) is 7.05. The highest BCUT2D eigenvalue weighted by Gasteiger charge is 2.28. The maximum Gasteiger partial charge on any atom is 0.277 e. The molecule has 3 rings (SSSR count). The third-order valence-electron chi connectivity index (χ3n) is 3.72. The second-order valence-electron chi connectivity index (χ2n) is 5.34. The summed E-state index contributed by atoms with van der Waals surface area (Å²) in [4.78, 5) is 12.1. The molecule has 4 heteroatoms. The van der Waals surface area contributed by atoms with Crippen molar-refractivity contribution in [1.82, 2.24) is 5.16 Å². The minimum absolute atomic E-state index is 0.218. The van der Waals surface area contributed by atoms with Crippen molar-refractivity contribution in [2.24, 2.45) is 0 Å². The molecule has 1 heterocycles. The maximum absolute atomic E-state index is 12.1. The van der Waals surface area contributed by atoms with Crippen molar-refractivity contribution in [1.29, 1.82) is 0 Å². The monoisotopic (exact) mass is 270 g/mol. The first kappa shape index (κ1) is 12.9. The van der Waals surface area contributed by atoms with Gasteiger partial charge in [0.05, 0.1) is 0 Å². The Morgan fingerprint density at radius 3 is 2.85 bits per heavy atom. The van der Waals surface area contributed by atoms with Crippen molar-refractivity contribution in [2.75, 3.05) is 5.32 Å². The van der Waals surface area contributed by atoms with Crippen molar-refractivity contribution in [2.45, 2.75) is 39.0 Å². The lowest BCUT2D eigenvalue weighted by atomic mass is 10.1. The number of hydrogen-bond donors (Lipinski definition) is 1. The van der Waals surface area contributed by atoms with E-state index in [2.05, 4.69) is 24.3 Å². The van der Waals surface area contributed by atoms with Gasteiger partial charge in [-0.1, -0.05) is 18.1 Å². The standard InChI is InChI=1S/C16H18N2O2/c1-3-11-6-7-13(8-10(11)2)17-16(19)14-9-15(20-18-14)12-4-5-12/h6-9,12H,3-5H2,1-2H3,(H,17,19). The second-order valence-corrected chi connectivity index (χ2v) is 5.34. The van der Waals surface area contributed by atoms with Gasteiger partial charge >= 0.3 is 0 Å². The number of carbonyl (C=O) groups is 1. The van der Waals surface area contributed by atoms with Crippen molar-refractivity contribution in [3.63, 3.8) is 0 Å². The largest absolute Gasteiger partial charge is 0.360 e. The van der Waals surface area contributed by atoms with Gasteiger partial charge in [0, 0.05) is 17.7 Å². The normalized spacial score (nSPS) is 14.3. The molecule has 1 aromatic carbocycles. The van der Waals surface area contributed by atoms with Gasteiger partial charge in [-0.2, -0.15) is 0 Å². The molecule has 1 saturated carbocycles. The molecule has 20 heavy (non-hydrogen) atoms. The molecular weight excluding hydrogens is 252 g/mol. The Hall–Kier alpha value is -2.10. The molecule has 0 radical (unpaired) electrons. The summed E-state index contributed by atoms with van der Waals surface area (Å²) < 4.78 is 5.20. The van der Waals surface area contributed by atoms with E-state index in [0.29, 0.717) is 11.6 Å². The van der Waals surface area contributed by atoms with E-state index in [4.69, 9.17) is 4.52 Å². The van der Waals surface area contributed by atoms with E-state index in [-0.39, 0.29) is 5.91 Å². The van der Waals surface area contributed by atoms with Crippen LogP contribution in [0.2, 0.25) is 0 Å². The second kappa shape index (κ2) is 5.12. The lowest BCUT2D eigenvalue weighted by Crippen LogP contribution is -2.12. The van der Waals surface area contributed by atoms with Crippen LogP contribution in [0.15, 0.2) is 28.8 Å². The summed E-state index contributed by atoms with van der Waals surface area (Å²) in [5.41, 5.74) is 3.62. The van der Waals surface area contributed by atoms with Crippen LogP contribution in [0, 0.1) is 6.92 Å². The van der Waals surface area contributed by atoms with Gasteiger partial charge in [-0.15, -0.1) is 0 Å². The lowest BCUT2D eigenvalue weighted by molar-refractivity contribution is 0.101. The van der Waals surface area contributed by atoms with E-state index in [1.54, 1.807) is 6.07 Å². The van der Waals surface area contributed by atoms with Crippen LogP contribution in [0.3, 0.4) is 0 Å². The van der Waals surface area contributed by atoms with Crippen LogP contribution in [-0.4, -0.2) is 11.1 Å². The van der Waals surface area contributed by atoms with Crippen LogP contribution in [0.25, 0.3) is 0 Å². The summed E-state index contributed by atoms with van der Waals surface area (Å²) in [5.74, 6) is 1.08. The Morgan fingerprint density at radius 1 is 1.40 bits per heavy atom. The molecule has 0 atom stereocenters. The summed E-state index contributed by atoms with van der Waals surface area (Å²) >= 11 is 0. The molecule has 0 aliphatic heterocycles. The fraction of sp³-hybridized carbons (Fsp3) is 0.375. The van der Waals surface area contributed by atoms with Crippen molar-refractivity contribution >= 4 is 11.6 Å². The molecule has 1 N–H and O–H groups in total. The van der Waals surface area contributed by atoms with Crippen LogP contribution < -0.4 is 5.32 Å². The number of benzene rings is 1. The molecule has 1 aromatic heterocycles. The van der Waals surface area contributed by atoms with Crippen LogP contribution in [0.4, 0.5) is 5.69 Å². The predicted octanol–water partition coefficient (Wildman–Crippen LogP) is 3.68. The van der Waals surface area contributed by atoms with Gasteiger partial charge in [0.25, 0.3) is 5.91 Å². The number of aryl methyl sites for hydroxylation is 2. The minimum Gasteiger partial charge on any atom is -0.360 e. The molecule has 0 spiro atoms.